The maximum Gasteiger partial charge on any atom is 0.340 e. The average Bonchev–Trinajstić information content (AvgIpc) is 2.43. The summed E-state index contributed by atoms with van der Waals surface area (Å²) in [6.07, 6.45) is 0. The number of hydrogen-bond donors (Lipinski definition) is 2. The van der Waals surface area contributed by atoms with Crippen molar-refractivity contribution in [1.82, 2.24) is 0 Å². The molecule has 19 heavy (non-hydrogen) atoms. The Bertz CT molecular complexity index is 597. The number of nitrogens with two attached hydrogens (primary N) is 1. The van der Waals surface area contributed by atoms with Crippen LogP contribution in [0, 0.1) is 3.57 Å². The SMILES string of the molecule is COC(=O)c1cccc(Nc2ccc(I)cc2)c1N. The van der Waals surface area contributed by atoms with E-state index in [4.69, 9.17) is 10.5 Å². The molecule has 0 amide bonds. The van der Waals surface area contributed by atoms with E-state index in [9.17, 15) is 4.79 Å². The number of methoxy groups -OCH3 is 1. The molecule has 0 saturated carbocycles. The molecule has 0 saturated heterocycles. The molecule has 2 aromatic carbocycles. The van der Waals surface area contributed by atoms with Crippen molar-refractivity contribution in [3.63, 3.8) is 0 Å². The van der Waals surface area contributed by atoms with Crippen molar-refractivity contribution in [2.45, 2.75) is 0 Å². The van der Waals surface area contributed by atoms with Crippen LogP contribution < -0.4 is 11.1 Å². The van der Waals surface area contributed by atoms with Crippen LogP contribution >= 0.6 is 22.6 Å². The molecule has 0 aliphatic heterocycles. The molecule has 3 N–H and O–H groups in total. The van der Waals surface area contributed by atoms with Crippen molar-refractivity contribution in [2.24, 2.45) is 0 Å². The van der Waals surface area contributed by atoms with Crippen molar-refractivity contribution < 1.29 is 9.53 Å². The topological polar surface area (TPSA) is 64.3 Å². The van der Waals surface area contributed by atoms with E-state index in [2.05, 4.69) is 27.9 Å². The summed E-state index contributed by atoms with van der Waals surface area (Å²) in [5, 5.41) is 3.18. The minimum absolute atomic E-state index is 0.359. The summed E-state index contributed by atoms with van der Waals surface area (Å²) >= 11 is 2.24. The van der Waals surface area contributed by atoms with Gasteiger partial charge in [0, 0.05) is 9.26 Å². The second-order valence-corrected chi connectivity index (χ2v) is 5.14. The van der Waals surface area contributed by atoms with Gasteiger partial charge >= 0.3 is 5.97 Å². The molecule has 2 aromatic rings. The molecule has 0 aliphatic carbocycles. The van der Waals surface area contributed by atoms with E-state index in [-0.39, 0.29) is 0 Å². The van der Waals surface area contributed by atoms with Crippen LogP contribution in [0.25, 0.3) is 0 Å². The monoisotopic (exact) mass is 368 g/mol. The van der Waals surface area contributed by atoms with E-state index < -0.39 is 5.97 Å². The summed E-state index contributed by atoms with van der Waals surface area (Å²) in [6, 6.07) is 13.1. The number of nitrogens with one attached hydrogen (secondary N) is 1. The first kappa shape index (κ1) is 13.7. The minimum atomic E-state index is -0.441. The third kappa shape index (κ3) is 3.17. The largest absolute Gasteiger partial charge is 0.465 e. The van der Waals surface area contributed by atoms with Gasteiger partial charge in [0.15, 0.2) is 0 Å². The summed E-state index contributed by atoms with van der Waals surface area (Å²) in [6.45, 7) is 0. The van der Waals surface area contributed by atoms with Crippen LogP contribution in [-0.2, 0) is 4.74 Å². The highest BCUT2D eigenvalue weighted by molar-refractivity contribution is 14.1. The predicted octanol–water partition coefficient (Wildman–Crippen LogP) is 3.40. The first-order valence-corrected chi connectivity index (χ1v) is 6.69. The molecule has 0 bridgehead atoms. The Morgan fingerprint density at radius 2 is 1.89 bits per heavy atom. The summed E-state index contributed by atoms with van der Waals surface area (Å²) < 4.78 is 5.84. The number of para-hydroxylation sites is 1. The third-order valence-corrected chi connectivity index (χ3v) is 3.35. The fourth-order valence-corrected chi connectivity index (χ4v) is 2.01. The Hall–Kier alpha value is -1.76. The number of nitrogen functional groups attached to an aromatic ring is 1. The molecular weight excluding hydrogens is 355 g/mol. The van der Waals surface area contributed by atoms with Crippen molar-refractivity contribution in [3.05, 3.63) is 51.6 Å². The van der Waals surface area contributed by atoms with Gasteiger partial charge in [-0.3, -0.25) is 0 Å². The Kier molecular flexibility index (Phi) is 4.26. The van der Waals surface area contributed by atoms with Crippen LogP contribution in [0.2, 0.25) is 0 Å². The maximum atomic E-state index is 11.6. The number of benzene rings is 2. The zero-order valence-corrected chi connectivity index (χ0v) is 12.5. The number of esters is 1. The molecule has 0 aliphatic rings. The van der Waals surface area contributed by atoms with Crippen LogP contribution in [0.4, 0.5) is 17.1 Å². The smallest absolute Gasteiger partial charge is 0.340 e. The standard InChI is InChI=1S/C14H13IN2O2/c1-19-14(18)11-3-2-4-12(13(11)16)17-10-7-5-9(15)6-8-10/h2-8,17H,16H2,1H3. The van der Waals surface area contributed by atoms with Crippen molar-refractivity contribution in [3.8, 4) is 0 Å². The van der Waals surface area contributed by atoms with E-state index in [0.29, 0.717) is 16.9 Å². The quantitative estimate of drug-likeness (QED) is 0.495. The zero-order chi connectivity index (χ0) is 13.8. The van der Waals surface area contributed by atoms with Gasteiger partial charge in [0.2, 0.25) is 0 Å². The highest BCUT2D eigenvalue weighted by atomic mass is 127. The summed E-state index contributed by atoms with van der Waals surface area (Å²) in [5.41, 5.74) is 8.31. The van der Waals surface area contributed by atoms with Crippen molar-refractivity contribution in [2.75, 3.05) is 18.2 Å². The number of carbonyl (C=O) groups is 1. The first-order valence-electron chi connectivity index (χ1n) is 5.61. The van der Waals surface area contributed by atoms with Gasteiger partial charge in [-0.15, -0.1) is 0 Å². The lowest BCUT2D eigenvalue weighted by molar-refractivity contribution is 0.0602. The van der Waals surface area contributed by atoms with Crippen molar-refractivity contribution in [1.29, 1.82) is 0 Å². The van der Waals surface area contributed by atoms with Gasteiger partial charge in [0.05, 0.1) is 24.0 Å². The van der Waals surface area contributed by atoms with Crippen LogP contribution in [-0.4, -0.2) is 13.1 Å². The van der Waals surface area contributed by atoms with Gasteiger partial charge < -0.3 is 15.8 Å². The maximum absolute atomic E-state index is 11.6. The molecule has 0 radical (unpaired) electrons. The summed E-state index contributed by atoms with van der Waals surface area (Å²) in [4.78, 5) is 11.6. The van der Waals surface area contributed by atoms with E-state index in [1.54, 1.807) is 12.1 Å². The second kappa shape index (κ2) is 5.92. The van der Waals surface area contributed by atoms with Gasteiger partial charge in [0.25, 0.3) is 0 Å². The van der Waals surface area contributed by atoms with E-state index >= 15 is 0 Å². The Labute approximate surface area is 125 Å². The zero-order valence-electron chi connectivity index (χ0n) is 10.3. The Morgan fingerprint density at radius 1 is 1.21 bits per heavy atom. The van der Waals surface area contributed by atoms with Crippen molar-refractivity contribution >= 4 is 45.6 Å². The first-order chi connectivity index (χ1) is 9.11. The van der Waals surface area contributed by atoms with E-state index in [1.807, 2.05) is 30.3 Å². The fourth-order valence-electron chi connectivity index (χ4n) is 1.65. The van der Waals surface area contributed by atoms with Gasteiger partial charge in [-0.2, -0.15) is 0 Å². The fraction of sp³-hybridized carbons (Fsp3) is 0.0714. The highest BCUT2D eigenvalue weighted by Gasteiger charge is 2.12. The van der Waals surface area contributed by atoms with E-state index in [1.165, 1.54) is 7.11 Å². The molecule has 0 spiro atoms. The van der Waals surface area contributed by atoms with Crippen LogP contribution in [0.5, 0.6) is 0 Å². The molecule has 98 valence electrons. The van der Waals surface area contributed by atoms with Gasteiger partial charge in [-0.05, 0) is 59.0 Å². The summed E-state index contributed by atoms with van der Waals surface area (Å²) in [5.74, 6) is -0.441. The molecule has 0 fully saturated rings. The number of anilines is 3. The van der Waals surface area contributed by atoms with Gasteiger partial charge in [-0.25, -0.2) is 4.79 Å². The highest BCUT2D eigenvalue weighted by Crippen LogP contribution is 2.27. The third-order valence-electron chi connectivity index (χ3n) is 2.63. The number of ether oxygens (including phenoxy) is 1. The number of hydrogen-bond acceptors (Lipinski definition) is 4. The minimum Gasteiger partial charge on any atom is -0.465 e. The predicted molar refractivity (Wildman–Crippen MR) is 84.6 cm³/mol. The molecular formula is C14H13IN2O2. The Morgan fingerprint density at radius 3 is 2.53 bits per heavy atom. The Balaban J connectivity index is 2.30. The second-order valence-electron chi connectivity index (χ2n) is 3.89. The van der Waals surface area contributed by atoms with Crippen LogP contribution in [0.15, 0.2) is 42.5 Å². The summed E-state index contributed by atoms with van der Waals surface area (Å²) in [7, 11) is 1.33. The van der Waals surface area contributed by atoms with Gasteiger partial charge in [0.1, 0.15) is 0 Å². The molecule has 0 aromatic heterocycles. The lowest BCUT2D eigenvalue weighted by Crippen LogP contribution is -2.07. The van der Waals surface area contributed by atoms with Gasteiger partial charge in [-0.1, -0.05) is 6.07 Å². The molecule has 0 heterocycles. The van der Waals surface area contributed by atoms with E-state index in [0.717, 1.165) is 9.26 Å². The number of halogens is 1. The van der Waals surface area contributed by atoms with Crippen LogP contribution in [0.1, 0.15) is 10.4 Å². The normalized spacial score (nSPS) is 10.0. The number of carbonyl (C=O) groups excluding carboxylic acids is 1. The molecule has 5 heteroatoms. The molecule has 0 unspecified atom stereocenters. The molecule has 2 rings (SSSR count). The molecule has 0 atom stereocenters. The van der Waals surface area contributed by atoms with Crippen LogP contribution in [0.3, 0.4) is 0 Å². The lowest BCUT2D eigenvalue weighted by Gasteiger charge is -2.12. The molecule has 4 nitrogen and oxygen atoms in total. The number of rotatable bonds is 3. The lowest BCUT2D eigenvalue weighted by atomic mass is 10.1. The average molecular weight is 368 g/mol.